The maximum atomic E-state index is 11.4. The summed E-state index contributed by atoms with van der Waals surface area (Å²) in [5.74, 6) is 0.758. The maximum absolute atomic E-state index is 11.4. The minimum atomic E-state index is -0.992. The monoisotopic (exact) mass is 306 g/mol. The second-order valence-electron chi connectivity index (χ2n) is 4.55. The lowest BCUT2D eigenvalue weighted by molar-refractivity contribution is 0.0697. The largest absolute Gasteiger partial charge is 0.478 e. The van der Waals surface area contributed by atoms with Crippen LogP contribution in [-0.4, -0.2) is 43.9 Å². The molecule has 0 fully saturated rings. The highest BCUT2D eigenvalue weighted by Crippen LogP contribution is 2.28. The van der Waals surface area contributed by atoms with Gasteiger partial charge < -0.3 is 10.4 Å². The number of hydrogen-bond donors (Lipinski definition) is 2. The molecule has 112 valence electrons. The van der Waals surface area contributed by atoms with Crippen molar-refractivity contribution in [2.75, 3.05) is 23.4 Å². The van der Waals surface area contributed by atoms with E-state index >= 15 is 0 Å². The van der Waals surface area contributed by atoms with Crippen molar-refractivity contribution in [1.29, 1.82) is 0 Å². The molecular formula is C14H18N4O2S. The summed E-state index contributed by atoms with van der Waals surface area (Å²) in [6.07, 6.45) is 3.23. The van der Waals surface area contributed by atoms with Crippen LogP contribution in [0.15, 0.2) is 18.9 Å². The van der Waals surface area contributed by atoms with Gasteiger partial charge in [0.1, 0.15) is 5.56 Å². The number of pyridine rings is 1. The first-order valence-corrected chi connectivity index (χ1v) is 7.69. The van der Waals surface area contributed by atoms with Crippen LogP contribution in [0.2, 0.25) is 0 Å². The Morgan fingerprint density at radius 2 is 2.38 bits per heavy atom. The smallest absolute Gasteiger partial charge is 0.339 e. The van der Waals surface area contributed by atoms with E-state index in [1.54, 1.807) is 23.5 Å². The zero-order chi connectivity index (χ0) is 15.4. The molecule has 0 saturated carbocycles. The van der Waals surface area contributed by atoms with Crippen LogP contribution >= 0.6 is 11.8 Å². The summed E-state index contributed by atoms with van der Waals surface area (Å²) in [5, 5.41) is 17.6. The first-order valence-electron chi connectivity index (χ1n) is 6.54. The summed E-state index contributed by atoms with van der Waals surface area (Å²) >= 11 is 1.74. The molecule has 0 unspecified atom stereocenters. The second-order valence-corrected chi connectivity index (χ2v) is 5.70. The van der Waals surface area contributed by atoms with E-state index in [-0.39, 0.29) is 5.56 Å². The highest BCUT2D eigenvalue weighted by molar-refractivity contribution is 7.99. The number of hydrogen-bond acceptors (Lipinski definition) is 5. The number of nitrogens with one attached hydrogen (secondary N) is 1. The Hall–Kier alpha value is -2.02. The standard InChI is InChI=1S/C14H18N4O2S/c1-4-6-21-7-5-15-12-10(14(19)20)8-16-13-11(12)9(2)17-18(13)3/h4,8H,1,5-7H2,2-3H3,(H,15,16)(H,19,20). The molecule has 0 aliphatic rings. The highest BCUT2D eigenvalue weighted by Gasteiger charge is 2.18. The van der Waals surface area contributed by atoms with E-state index < -0.39 is 5.97 Å². The van der Waals surface area contributed by atoms with Crippen LogP contribution in [0, 0.1) is 6.92 Å². The van der Waals surface area contributed by atoms with Crippen molar-refractivity contribution in [2.45, 2.75) is 6.92 Å². The molecule has 0 saturated heterocycles. The minimum Gasteiger partial charge on any atom is -0.478 e. The van der Waals surface area contributed by atoms with Crippen molar-refractivity contribution in [1.82, 2.24) is 14.8 Å². The summed E-state index contributed by atoms with van der Waals surface area (Å²) in [7, 11) is 1.80. The van der Waals surface area contributed by atoms with Gasteiger partial charge >= 0.3 is 5.97 Å². The number of nitrogens with zero attached hydrogens (tertiary/aromatic N) is 3. The van der Waals surface area contributed by atoms with Gasteiger partial charge in [-0.15, -0.1) is 6.58 Å². The third kappa shape index (κ3) is 3.18. The molecule has 6 nitrogen and oxygen atoms in total. The quantitative estimate of drug-likeness (QED) is 0.603. The van der Waals surface area contributed by atoms with Gasteiger partial charge in [-0.25, -0.2) is 9.78 Å². The number of anilines is 1. The van der Waals surface area contributed by atoms with Gasteiger partial charge in [-0.2, -0.15) is 16.9 Å². The molecule has 7 heteroatoms. The predicted octanol–water partition coefficient (Wildman–Crippen LogP) is 2.31. The second kappa shape index (κ2) is 6.62. The number of carboxylic acid groups (broad SMARTS) is 1. The van der Waals surface area contributed by atoms with Gasteiger partial charge in [0.25, 0.3) is 0 Å². The Labute approximate surface area is 127 Å². The molecule has 0 bridgehead atoms. The lowest BCUT2D eigenvalue weighted by Crippen LogP contribution is -2.11. The molecule has 0 atom stereocenters. The van der Waals surface area contributed by atoms with Crippen LogP contribution in [0.1, 0.15) is 16.1 Å². The summed E-state index contributed by atoms with van der Waals surface area (Å²) < 4.78 is 1.66. The number of carboxylic acids is 1. The summed E-state index contributed by atoms with van der Waals surface area (Å²) in [6, 6.07) is 0. The molecule has 2 rings (SSSR count). The first-order chi connectivity index (χ1) is 10.1. The van der Waals surface area contributed by atoms with Crippen molar-refractivity contribution in [2.24, 2.45) is 7.05 Å². The number of aromatic nitrogens is 3. The van der Waals surface area contributed by atoms with Crippen LogP contribution in [0.5, 0.6) is 0 Å². The summed E-state index contributed by atoms with van der Waals surface area (Å²) in [6.45, 7) is 6.20. The number of aryl methyl sites for hydroxylation is 2. The highest BCUT2D eigenvalue weighted by atomic mass is 32.2. The van der Waals surface area contributed by atoms with Crippen molar-refractivity contribution in [3.63, 3.8) is 0 Å². The molecule has 0 amide bonds. The van der Waals surface area contributed by atoms with Crippen molar-refractivity contribution in [3.8, 4) is 0 Å². The van der Waals surface area contributed by atoms with Crippen LogP contribution in [0.4, 0.5) is 5.69 Å². The SMILES string of the molecule is C=CCSCCNc1c(C(=O)O)cnc2c1c(C)nn2C. The van der Waals surface area contributed by atoms with Gasteiger partial charge in [-0.1, -0.05) is 6.08 Å². The van der Waals surface area contributed by atoms with Crippen LogP contribution in [-0.2, 0) is 7.05 Å². The molecule has 2 heterocycles. The summed E-state index contributed by atoms with van der Waals surface area (Å²) in [5.41, 5.74) is 2.22. The van der Waals surface area contributed by atoms with E-state index in [0.717, 1.165) is 22.6 Å². The first kappa shape index (κ1) is 15.4. The van der Waals surface area contributed by atoms with Crippen LogP contribution in [0.3, 0.4) is 0 Å². The summed E-state index contributed by atoms with van der Waals surface area (Å²) in [4.78, 5) is 15.6. The number of carbonyl (C=O) groups is 1. The number of thioether (sulfide) groups is 1. The van der Waals surface area contributed by atoms with Gasteiger partial charge in [-0.05, 0) is 6.92 Å². The molecule has 0 spiro atoms. The zero-order valence-corrected chi connectivity index (χ0v) is 12.9. The fourth-order valence-electron chi connectivity index (χ4n) is 2.17. The maximum Gasteiger partial charge on any atom is 0.339 e. The van der Waals surface area contributed by atoms with Crippen molar-refractivity contribution < 1.29 is 9.90 Å². The Bertz CT molecular complexity index is 681. The van der Waals surface area contributed by atoms with E-state index in [1.807, 2.05) is 13.0 Å². The molecule has 2 aromatic heterocycles. The Kier molecular flexibility index (Phi) is 4.85. The molecular weight excluding hydrogens is 288 g/mol. The Morgan fingerprint density at radius 3 is 3.05 bits per heavy atom. The van der Waals surface area contributed by atoms with Gasteiger partial charge in [-0.3, -0.25) is 4.68 Å². The van der Waals surface area contributed by atoms with E-state index in [9.17, 15) is 9.90 Å². The molecule has 2 N–H and O–H groups in total. The zero-order valence-electron chi connectivity index (χ0n) is 12.1. The molecule has 0 aromatic carbocycles. The van der Waals surface area contributed by atoms with Gasteiger partial charge in [0.2, 0.25) is 0 Å². The number of aromatic carboxylic acids is 1. The normalized spacial score (nSPS) is 10.8. The molecule has 2 aromatic rings. The topological polar surface area (TPSA) is 80.0 Å². The molecule has 0 radical (unpaired) electrons. The van der Waals surface area contributed by atoms with E-state index in [1.165, 1.54) is 6.20 Å². The van der Waals surface area contributed by atoms with Crippen molar-refractivity contribution in [3.05, 3.63) is 30.1 Å². The van der Waals surface area contributed by atoms with Crippen molar-refractivity contribution >= 4 is 34.5 Å². The minimum absolute atomic E-state index is 0.173. The van der Waals surface area contributed by atoms with Gasteiger partial charge in [0.15, 0.2) is 5.65 Å². The predicted molar refractivity (Wildman–Crippen MR) is 86.2 cm³/mol. The third-order valence-electron chi connectivity index (χ3n) is 3.04. The van der Waals surface area contributed by atoms with E-state index in [4.69, 9.17) is 0 Å². The molecule has 0 aliphatic carbocycles. The fraction of sp³-hybridized carbons (Fsp3) is 0.357. The Balaban J connectivity index is 2.35. The van der Waals surface area contributed by atoms with Gasteiger partial charge in [0.05, 0.1) is 16.8 Å². The number of rotatable bonds is 7. The third-order valence-corrected chi connectivity index (χ3v) is 4.01. The van der Waals surface area contributed by atoms with E-state index in [0.29, 0.717) is 17.9 Å². The average Bonchev–Trinajstić information content (AvgIpc) is 2.73. The van der Waals surface area contributed by atoms with Crippen LogP contribution < -0.4 is 5.32 Å². The fourth-order valence-corrected chi connectivity index (χ4v) is 2.75. The van der Waals surface area contributed by atoms with Gasteiger partial charge in [0, 0.05) is 31.3 Å². The number of fused-ring (bicyclic) bond motifs is 1. The molecule has 0 aliphatic heterocycles. The van der Waals surface area contributed by atoms with Crippen LogP contribution in [0.25, 0.3) is 11.0 Å². The molecule has 21 heavy (non-hydrogen) atoms. The van der Waals surface area contributed by atoms with E-state index in [2.05, 4.69) is 22.0 Å². The lowest BCUT2D eigenvalue weighted by Gasteiger charge is -2.11. The average molecular weight is 306 g/mol. The lowest BCUT2D eigenvalue weighted by atomic mass is 10.1. The Morgan fingerprint density at radius 1 is 1.62 bits per heavy atom.